The van der Waals surface area contributed by atoms with Crippen molar-refractivity contribution in [3.05, 3.63) is 0 Å². The summed E-state index contributed by atoms with van der Waals surface area (Å²) in [6, 6.07) is -0.571. The highest BCUT2D eigenvalue weighted by Gasteiger charge is 2.24. The molecule has 1 fully saturated rings. The van der Waals surface area contributed by atoms with Crippen LogP contribution in [-0.2, 0) is 9.47 Å². The van der Waals surface area contributed by atoms with Crippen LogP contribution in [0.5, 0.6) is 0 Å². The molecule has 0 saturated carbocycles. The first-order valence-corrected chi connectivity index (χ1v) is 4.34. The second-order valence-electron chi connectivity index (χ2n) is 2.10. The van der Waals surface area contributed by atoms with Crippen LogP contribution < -0.4 is 11.1 Å². The standard InChI is InChI=1S/C5H9IN2O3/c6-3-1-10-2-11-4(3)8-5(7)9/h3-4H,1-2H2,(H3,7,8,9). The molecule has 2 unspecified atom stereocenters. The van der Waals surface area contributed by atoms with E-state index in [1.807, 2.05) is 0 Å². The Balaban J connectivity index is 2.35. The number of urea groups is 1. The lowest BCUT2D eigenvalue weighted by molar-refractivity contribution is -0.136. The van der Waals surface area contributed by atoms with Crippen molar-refractivity contribution in [1.29, 1.82) is 0 Å². The third-order valence-electron chi connectivity index (χ3n) is 1.22. The van der Waals surface area contributed by atoms with Crippen LogP contribution in [0.2, 0.25) is 0 Å². The Morgan fingerprint density at radius 2 is 2.45 bits per heavy atom. The fourth-order valence-corrected chi connectivity index (χ4v) is 1.39. The van der Waals surface area contributed by atoms with Crippen molar-refractivity contribution in [2.45, 2.75) is 10.2 Å². The van der Waals surface area contributed by atoms with Crippen LogP contribution in [0.15, 0.2) is 0 Å². The summed E-state index contributed by atoms with van der Waals surface area (Å²) < 4.78 is 10.2. The van der Waals surface area contributed by atoms with Gasteiger partial charge in [0.25, 0.3) is 0 Å². The Bertz CT molecular complexity index is 155. The maximum Gasteiger partial charge on any atom is 0.314 e. The predicted octanol–water partition coefficient (Wildman–Crippen LogP) is -0.211. The molecule has 0 aromatic rings. The van der Waals surface area contributed by atoms with Crippen LogP contribution in [0, 0.1) is 0 Å². The molecule has 1 rings (SSSR count). The monoisotopic (exact) mass is 272 g/mol. The molecule has 1 aliphatic heterocycles. The van der Waals surface area contributed by atoms with Gasteiger partial charge in [-0.2, -0.15) is 0 Å². The summed E-state index contributed by atoms with van der Waals surface area (Å²) in [5, 5.41) is 2.46. The molecule has 64 valence electrons. The van der Waals surface area contributed by atoms with Gasteiger partial charge in [0, 0.05) is 0 Å². The zero-order valence-electron chi connectivity index (χ0n) is 5.75. The van der Waals surface area contributed by atoms with Gasteiger partial charge in [-0.05, 0) is 0 Å². The fraction of sp³-hybridized carbons (Fsp3) is 0.800. The predicted molar refractivity (Wildman–Crippen MR) is 46.2 cm³/mol. The largest absolute Gasteiger partial charge is 0.354 e. The van der Waals surface area contributed by atoms with Crippen LogP contribution in [0.1, 0.15) is 0 Å². The lowest BCUT2D eigenvalue weighted by Gasteiger charge is -2.27. The van der Waals surface area contributed by atoms with Gasteiger partial charge in [0.15, 0.2) is 0 Å². The van der Waals surface area contributed by atoms with E-state index in [-0.39, 0.29) is 16.9 Å². The number of carbonyl (C=O) groups is 1. The zero-order chi connectivity index (χ0) is 8.27. The number of primary amides is 1. The van der Waals surface area contributed by atoms with Crippen LogP contribution in [-0.4, -0.2) is 29.6 Å². The van der Waals surface area contributed by atoms with Crippen LogP contribution in [0.4, 0.5) is 4.79 Å². The quantitative estimate of drug-likeness (QED) is 0.512. The van der Waals surface area contributed by atoms with Crippen molar-refractivity contribution in [3.8, 4) is 0 Å². The third-order valence-corrected chi connectivity index (χ3v) is 2.23. The molecule has 11 heavy (non-hydrogen) atoms. The second-order valence-corrected chi connectivity index (χ2v) is 3.70. The number of amides is 2. The SMILES string of the molecule is NC(=O)NC1OCOCC1I. The molecule has 0 aromatic heterocycles. The van der Waals surface area contributed by atoms with Gasteiger partial charge >= 0.3 is 6.03 Å². The number of rotatable bonds is 1. The van der Waals surface area contributed by atoms with Gasteiger partial charge in [0.2, 0.25) is 0 Å². The average molecular weight is 272 g/mol. The summed E-state index contributed by atoms with van der Waals surface area (Å²) in [4.78, 5) is 10.4. The highest BCUT2D eigenvalue weighted by molar-refractivity contribution is 14.1. The molecule has 3 N–H and O–H groups in total. The minimum atomic E-state index is -0.571. The summed E-state index contributed by atoms with van der Waals surface area (Å²) in [6.45, 7) is 0.788. The molecule has 1 aliphatic rings. The van der Waals surface area contributed by atoms with Gasteiger partial charge in [-0.1, -0.05) is 22.6 Å². The molecule has 2 atom stereocenters. The first-order chi connectivity index (χ1) is 5.20. The topological polar surface area (TPSA) is 73.6 Å². The zero-order valence-corrected chi connectivity index (χ0v) is 7.91. The van der Waals surface area contributed by atoms with Crippen molar-refractivity contribution in [2.75, 3.05) is 13.4 Å². The molecular weight excluding hydrogens is 263 g/mol. The minimum absolute atomic E-state index is 0.119. The lowest BCUT2D eigenvalue weighted by Crippen LogP contribution is -2.49. The molecule has 6 heteroatoms. The van der Waals surface area contributed by atoms with E-state index < -0.39 is 6.03 Å². The van der Waals surface area contributed by atoms with Crippen molar-refractivity contribution in [1.82, 2.24) is 5.32 Å². The maximum absolute atomic E-state index is 10.4. The minimum Gasteiger partial charge on any atom is -0.354 e. The molecule has 0 bridgehead atoms. The van der Waals surface area contributed by atoms with Gasteiger partial charge in [0.1, 0.15) is 13.0 Å². The Kier molecular flexibility index (Phi) is 3.34. The van der Waals surface area contributed by atoms with Gasteiger partial charge < -0.3 is 20.5 Å². The van der Waals surface area contributed by atoms with Gasteiger partial charge in [-0.3, -0.25) is 0 Å². The molecule has 1 saturated heterocycles. The highest BCUT2D eigenvalue weighted by atomic mass is 127. The summed E-state index contributed by atoms with van der Waals surface area (Å²) in [5.41, 5.74) is 4.91. The molecule has 0 aliphatic carbocycles. The van der Waals surface area contributed by atoms with Crippen LogP contribution >= 0.6 is 22.6 Å². The number of hydrogen-bond donors (Lipinski definition) is 2. The van der Waals surface area contributed by atoms with Crippen LogP contribution in [0.25, 0.3) is 0 Å². The number of ether oxygens (including phenoxy) is 2. The summed E-state index contributed by atoms with van der Waals surface area (Å²) in [6.07, 6.45) is -0.318. The van der Waals surface area contributed by atoms with E-state index in [1.165, 1.54) is 0 Å². The molecule has 1 heterocycles. The number of alkyl halides is 1. The smallest absolute Gasteiger partial charge is 0.314 e. The van der Waals surface area contributed by atoms with Crippen molar-refractivity contribution in [2.24, 2.45) is 5.73 Å². The number of nitrogens with two attached hydrogens (primary N) is 1. The summed E-state index contributed by atoms with van der Waals surface area (Å²) in [7, 11) is 0. The highest BCUT2D eigenvalue weighted by Crippen LogP contribution is 2.12. The van der Waals surface area contributed by atoms with Gasteiger partial charge in [-0.15, -0.1) is 0 Å². The van der Waals surface area contributed by atoms with Gasteiger partial charge in [-0.25, -0.2) is 4.79 Å². The molecule has 0 radical (unpaired) electrons. The first kappa shape index (κ1) is 9.01. The Labute approximate surface area is 77.7 Å². The summed E-state index contributed by atoms with van der Waals surface area (Å²) in [5.74, 6) is 0. The van der Waals surface area contributed by atoms with E-state index in [0.717, 1.165) is 0 Å². The second kappa shape index (κ2) is 4.07. The van der Waals surface area contributed by atoms with E-state index in [2.05, 4.69) is 27.9 Å². The van der Waals surface area contributed by atoms with E-state index >= 15 is 0 Å². The normalized spacial score (nSPS) is 31.4. The average Bonchev–Trinajstić information content (AvgIpc) is 1.93. The third kappa shape index (κ3) is 2.80. The fourth-order valence-electron chi connectivity index (χ4n) is 0.746. The van der Waals surface area contributed by atoms with Crippen molar-refractivity contribution in [3.63, 3.8) is 0 Å². The molecular formula is C5H9IN2O3. The van der Waals surface area contributed by atoms with E-state index in [9.17, 15) is 4.79 Å². The number of carbonyl (C=O) groups excluding carboxylic acids is 1. The van der Waals surface area contributed by atoms with E-state index in [4.69, 9.17) is 15.2 Å². The van der Waals surface area contributed by atoms with E-state index in [1.54, 1.807) is 0 Å². The molecule has 2 amide bonds. The molecule has 0 aromatic carbocycles. The Morgan fingerprint density at radius 1 is 1.73 bits per heavy atom. The number of nitrogens with one attached hydrogen (secondary N) is 1. The first-order valence-electron chi connectivity index (χ1n) is 3.09. The molecule has 5 nitrogen and oxygen atoms in total. The van der Waals surface area contributed by atoms with Crippen LogP contribution in [0.3, 0.4) is 0 Å². The Morgan fingerprint density at radius 3 is 3.00 bits per heavy atom. The lowest BCUT2D eigenvalue weighted by atomic mass is 10.4. The molecule has 0 spiro atoms. The number of halogens is 1. The summed E-state index contributed by atoms with van der Waals surface area (Å²) >= 11 is 2.13. The maximum atomic E-state index is 10.4. The van der Waals surface area contributed by atoms with Gasteiger partial charge in [0.05, 0.1) is 10.5 Å². The van der Waals surface area contributed by atoms with E-state index in [0.29, 0.717) is 6.61 Å². The van der Waals surface area contributed by atoms with Crippen molar-refractivity contribution < 1.29 is 14.3 Å². The Hall–Kier alpha value is -0.0800. The van der Waals surface area contributed by atoms with Crippen molar-refractivity contribution >= 4 is 28.6 Å². The number of hydrogen-bond acceptors (Lipinski definition) is 3.